The summed E-state index contributed by atoms with van der Waals surface area (Å²) in [5.74, 6) is 0.814. The molecule has 0 fully saturated rings. The number of hydrogen-bond donors (Lipinski definition) is 1. The van der Waals surface area contributed by atoms with Crippen LogP contribution in [0.25, 0.3) is 0 Å². The van der Waals surface area contributed by atoms with E-state index in [2.05, 4.69) is 38.4 Å². The zero-order valence-corrected chi connectivity index (χ0v) is 10.0. The number of likely N-dealkylation sites (N-methyl/N-ethyl adjacent to an activating group) is 1. The van der Waals surface area contributed by atoms with Crippen LogP contribution < -0.4 is 0 Å². The van der Waals surface area contributed by atoms with Crippen molar-refractivity contribution >= 4 is 12.6 Å². The zero-order valence-electron chi connectivity index (χ0n) is 9.12. The Morgan fingerprint density at radius 2 is 1.85 bits per heavy atom. The molecule has 0 aliphatic heterocycles. The van der Waals surface area contributed by atoms with Crippen LogP contribution in [-0.4, -0.2) is 43.5 Å². The molecule has 0 aromatic rings. The topological polar surface area (TPSA) is 12.5 Å². The molecule has 13 heavy (non-hydrogen) atoms. The number of thiol groups is 1. The van der Waals surface area contributed by atoms with E-state index >= 15 is 0 Å². The maximum absolute atomic E-state index is 5.37. The first-order chi connectivity index (χ1) is 6.26. The second kappa shape index (κ2) is 8.85. The van der Waals surface area contributed by atoms with E-state index in [1.807, 2.05) is 0 Å². The van der Waals surface area contributed by atoms with E-state index < -0.39 is 0 Å². The summed E-state index contributed by atoms with van der Waals surface area (Å²) in [7, 11) is 2.17. The Morgan fingerprint density at radius 3 is 2.31 bits per heavy atom. The Kier molecular flexibility index (Phi) is 9.03. The Bertz CT molecular complexity index is 107. The molecule has 0 aromatic heterocycles. The van der Waals surface area contributed by atoms with Gasteiger partial charge in [-0.05, 0) is 19.9 Å². The first kappa shape index (κ1) is 13.3. The van der Waals surface area contributed by atoms with Crippen LogP contribution in [0.4, 0.5) is 0 Å². The molecule has 80 valence electrons. The summed E-state index contributed by atoms with van der Waals surface area (Å²) in [5, 5.41) is 0. The third-order valence-corrected chi connectivity index (χ3v) is 2.57. The zero-order chi connectivity index (χ0) is 10.1. The van der Waals surface area contributed by atoms with Gasteiger partial charge >= 0.3 is 0 Å². The quantitative estimate of drug-likeness (QED) is 0.481. The Balaban J connectivity index is 3.42. The molecule has 0 radical (unpaired) electrons. The van der Waals surface area contributed by atoms with Crippen LogP contribution in [0.2, 0.25) is 0 Å². The van der Waals surface area contributed by atoms with Gasteiger partial charge in [-0.1, -0.05) is 13.8 Å². The third-order valence-electron chi connectivity index (χ3n) is 2.39. The Labute approximate surface area is 88.1 Å². The predicted molar refractivity (Wildman–Crippen MR) is 61.7 cm³/mol. The van der Waals surface area contributed by atoms with Crippen LogP contribution in [-0.2, 0) is 4.74 Å². The standard InChI is InChI=1S/C10H23NOS/c1-4-10(5-2)11(3)6-7-12-8-9-13/h10,13H,4-9H2,1-3H3. The summed E-state index contributed by atoms with van der Waals surface area (Å²) < 4.78 is 5.37. The highest BCUT2D eigenvalue weighted by atomic mass is 32.1. The molecule has 0 spiro atoms. The molecule has 0 aromatic carbocycles. The molecule has 2 nitrogen and oxygen atoms in total. The van der Waals surface area contributed by atoms with Gasteiger partial charge in [-0.25, -0.2) is 0 Å². The Morgan fingerprint density at radius 1 is 1.23 bits per heavy atom. The molecule has 0 rings (SSSR count). The molecule has 0 aliphatic carbocycles. The van der Waals surface area contributed by atoms with Gasteiger partial charge in [0.1, 0.15) is 0 Å². The lowest BCUT2D eigenvalue weighted by molar-refractivity contribution is 0.107. The summed E-state index contributed by atoms with van der Waals surface area (Å²) in [6.45, 7) is 7.09. The second-order valence-electron chi connectivity index (χ2n) is 3.29. The molecule has 0 heterocycles. The fourth-order valence-electron chi connectivity index (χ4n) is 1.47. The van der Waals surface area contributed by atoms with Gasteiger partial charge in [0.2, 0.25) is 0 Å². The minimum atomic E-state index is 0.708. The van der Waals surface area contributed by atoms with Crippen molar-refractivity contribution in [1.82, 2.24) is 4.90 Å². The molecule has 0 saturated heterocycles. The van der Waals surface area contributed by atoms with Crippen LogP contribution >= 0.6 is 12.6 Å². The highest BCUT2D eigenvalue weighted by Gasteiger charge is 2.08. The number of rotatable bonds is 8. The summed E-state index contributed by atoms with van der Waals surface area (Å²) in [6, 6.07) is 0.708. The first-order valence-electron chi connectivity index (χ1n) is 5.15. The van der Waals surface area contributed by atoms with Crippen molar-refractivity contribution < 1.29 is 4.74 Å². The number of ether oxygens (including phenoxy) is 1. The number of nitrogens with zero attached hydrogens (tertiary/aromatic N) is 1. The lowest BCUT2D eigenvalue weighted by atomic mass is 10.1. The van der Waals surface area contributed by atoms with Crippen LogP contribution in [0.15, 0.2) is 0 Å². The molecular weight excluding hydrogens is 182 g/mol. The summed E-state index contributed by atoms with van der Waals surface area (Å²) >= 11 is 4.08. The highest BCUT2D eigenvalue weighted by molar-refractivity contribution is 7.80. The first-order valence-corrected chi connectivity index (χ1v) is 5.78. The average molecular weight is 205 g/mol. The normalized spacial score (nSPS) is 11.5. The fourth-order valence-corrected chi connectivity index (χ4v) is 1.60. The largest absolute Gasteiger partial charge is 0.379 e. The third kappa shape index (κ3) is 6.36. The van der Waals surface area contributed by atoms with Crippen molar-refractivity contribution in [1.29, 1.82) is 0 Å². The van der Waals surface area contributed by atoms with Crippen LogP contribution in [0, 0.1) is 0 Å². The van der Waals surface area contributed by atoms with Crippen LogP contribution in [0.3, 0.4) is 0 Å². The molecule has 0 amide bonds. The molecular formula is C10H23NOS. The maximum Gasteiger partial charge on any atom is 0.0593 e. The second-order valence-corrected chi connectivity index (χ2v) is 3.73. The molecule has 0 aliphatic rings. The van der Waals surface area contributed by atoms with Crippen molar-refractivity contribution in [3.05, 3.63) is 0 Å². The van der Waals surface area contributed by atoms with E-state index in [-0.39, 0.29) is 0 Å². The van der Waals surface area contributed by atoms with Gasteiger partial charge in [0.25, 0.3) is 0 Å². The highest BCUT2D eigenvalue weighted by Crippen LogP contribution is 2.04. The average Bonchev–Trinajstić information content (AvgIpc) is 2.14. The van der Waals surface area contributed by atoms with E-state index in [0.29, 0.717) is 6.04 Å². The lowest BCUT2D eigenvalue weighted by Crippen LogP contribution is -2.33. The van der Waals surface area contributed by atoms with Crippen molar-refractivity contribution in [3.8, 4) is 0 Å². The SMILES string of the molecule is CCC(CC)N(C)CCOCCS. The van der Waals surface area contributed by atoms with E-state index in [9.17, 15) is 0 Å². The minimum absolute atomic E-state index is 0.708. The van der Waals surface area contributed by atoms with Gasteiger partial charge in [-0.3, -0.25) is 0 Å². The van der Waals surface area contributed by atoms with E-state index in [4.69, 9.17) is 4.74 Å². The maximum atomic E-state index is 5.37. The molecule has 0 N–H and O–H groups in total. The lowest BCUT2D eigenvalue weighted by Gasteiger charge is -2.25. The van der Waals surface area contributed by atoms with Crippen molar-refractivity contribution in [2.24, 2.45) is 0 Å². The molecule has 0 unspecified atom stereocenters. The monoisotopic (exact) mass is 205 g/mol. The smallest absolute Gasteiger partial charge is 0.0593 e. The van der Waals surface area contributed by atoms with E-state index in [1.54, 1.807) is 0 Å². The van der Waals surface area contributed by atoms with Gasteiger partial charge in [0, 0.05) is 18.3 Å². The summed E-state index contributed by atoms with van der Waals surface area (Å²) in [5.41, 5.74) is 0. The Hall–Kier alpha value is 0.270. The van der Waals surface area contributed by atoms with Gasteiger partial charge in [0.15, 0.2) is 0 Å². The van der Waals surface area contributed by atoms with Crippen LogP contribution in [0.5, 0.6) is 0 Å². The summed E-state index contributed by atoms with van der Waals surface area (Å²) in [4.78, 5) is 2.37. The van der Waals surface area contributed by atoms with Crippen molar-refractivity contribution in [2.75, 3.05) is 32.6 Å². The fraction of sp³-hybridized carbons (Fsp3) is 1.00. The van der Waals surface area contributed by atoms with Gasteiger partial charge in [-0.15, -0.1) is 0 Å². The predicted octanol–water partition coefficient (Wildman–Crippen LogP) is 2.05. The van der Waals surface area contributed by atoms with Crippen molar-refractivity contribution in [2.45, 2.75) is 32.7 Å². The van der Waals surface area contributed by atoms with Gasteiger partial charge in [0.05, 0.1) is 13.2 Å². The van der Waals surface area contributed by atoms with Crippen molar-refractivity contribution in [3.63, 3.8) is 0 Å². The van der Waals surface area contributed by atoms with Crippen LogP contribution in [0.1, 0.15) is 26.7 Å². The molecule has 3 heteroatoms. The minimum Gasteiger partial charge on any atom is -0.379 e. The van der Waals surface area contributed by atoms with E-state index in [1.165, 1.54) is 12.8 Å². The molecule has 0 bridgehead atoms. The van der Waals surface area contributed by atoms with Gasteiger partial charge < -0.3 is 9.64 Å². The summed E-state index contributed by atoms with van der Waals surface area (Å²) in [6.07, 6.45) is 2.44. The number of hydrogen-bond acceptors (Lipinski definition) is 3. The molecule has 0 atom stereocenters. The van der Waals surface area contributed by atoms with Gasteiger partial charge in [-0.2, -0.15) is 12.6 Å². The molecule has 0 saturated carbocycles. The van der Waals surface area contributed by atoms with E-state index in [0.717, 1.165) is 25.5 Å².